The lowest BCUT2D eigenvalue weighted by Crippen LogP contribution is -2.36. The quantitative estimate of drug-likeness (QED) is 0.649. The molecular weight excluding hydrogens is 148 g/mol. The lowest BCUT2D eigenvalue weighted by molar-refractivity contribution is 0.296. The first-order valence-corrected chi connectivity index (χ1v) is 5.17. The van der Waals surface area contributed by atoms with Crippen LogP contribution >= 0.6 is 0 Å². The summed E-state index contributed by atoms with van der Waals surface area (Å²) in [7, 11) is 0. The van der Waals surface area contributed by atoms with E-state index in [0.29, 0.717) is 5.54 Å². The lowest BCUT2D eigenvalue weighted by Gasteiger charge is -2.19. The van der Waals surface area contributed by atoms with E-state index in [-0.39, 0.29) is 0 Å². The first-order valence-electron chi connectivity index (χ1n) is 5.17. The van der Waals surface area contributed by atoms with Crippen LogP contribution in [-0.2, 0) is 0 Å². The Morgan fingerprint density at radius 3 is 2.25 bits per heavy atom. The second-order valence-corrected chi connectivity index (χ2v) is 4.01. The van der Waals surface area contributed by atoms with Gasteiger partial charge in [-0.2, -0.15) is 0 Å². The van der Waals surface area contributed by atoms with Crippen molar-refractivity contribution in [3.05, 3.63) is 0 Å². The van der Waals surface area contributed by atoms with Gasteiger partial charge in [-0.1, -0.05) is 13.8 Å². The highest BCUT2D eigenvalue weighted by Crippen LogP contribution is 2.33. The molecule has 0 aromatic rings. The van der Waals surface area contributed by atoms with Crippen molar-refractivity contribution in [2.24, 2.45) is 0 Å². The fourth-order valence-corrected chi connectivity index (χ4v) is 1.42. The van der Waals surface area contributed by atoms with Crippen LogP contribution in [0.4, 0.5) is 0 Å². The molecule has 72 valence electrons. The molecule has 1 rings (SSSR count). The minimum Gasteiger partial charge on any atom is -0.310 e. The van der Waals surface area contributed by atoms with Gasteiger partial charge in [0, 0.05) is 18.6 Å². The highest BCUT2D eigenvalue weighted by atomic mass is 15.1. The number of likely N-dealkylation sites (N-methyl/N-ethyl adjacent to an activating group) is 1. The van der Waals surface area contributed by atoms with Crippen molar-refractivity contribution in [3.8, 4) is 0 Å². The average Bonchev–Trinajstić information content (AvgIpc) is 2.78. The topological polar surface area (TPSA) is 15.3 Å². The van der Waals surface area contributed by atoms with E-state index in [2.05, 4.69) is 31.0 Å². The zero-order chi connectivity index (χ0) is 9.03. The third-order valence-electron chi connectivity index (χ3n) is 2.87. The van der Waals surface area contributed by atoms with E-state index in [0.717, 1.165) is 6.54 Å². The van der Waals surface area contributed by atoms with Gasteiger partial charge in [0.05, 0.1) is 0 Å². The number of rotatable bonds is 6. The minimum absolute atomic E-state index is 0.507. The summed E-state index contributed by atoms with van der Waals surface area (Å²) in [6.45, 7) is 11.5. The lowest BCUT2D eigenvalue weighted by atomic mass is 10.3. The average molecular weight is 170 g/mol. The second-order valence-electron chi connectivity index (χ2n) is 4.01. The van der Waals surface area contributed by atoms with E-state index in [9.17, 15) is 0 Å². The van der Waals surface area contributed by atoms with Gasteiger partial charge in [-0.05, 0) is 32.9 Å². The van der Waals surface area contributed by atoms with E-state index in [1.807, 2.05) is 0 Å². The van der Waals surface area contributed by atoms with Crippen LogP contribution in [0.2, 0.25) is 0 Å². The van der Waals surface area contributed by atoms with E-state index >= 15 is 0 Å². The van der Waals surface area contributed by atoms with Gasteiger partial charge in [-0.15, -0.1) is 0 Å². The Kier molecular flexibility index (Phi) is 3.53. The van der Waals surface area contributed by atoms with E-state index in [4.69, 9.17) is 0 Å². The van der Waals surface area contributed by atoms with Crippen LogP contribution < -0.4 is 5.32 Å². The van der Waals surface area contributed by atoms with Gasteiger partial charge >= 0.3 is 0 Å². The Balaban J connectivity index is 2.00. The normalized spacial score (nSPS) is 20.0. The Labute approximate surface area is 76.3 Å². The fraction of sp³-hybridized carbons (Fsp3) is 1.00. The van der Waals surface area contributed by atoms with Crippen molar-refractivity contribution in [2.45, 2.75) is 39.2 Å². The molecule has 0 atom stereocenters. The van der Waals surface area contributed by atoms with Crippen LogP contribution in [0.1, 0.15) is 33.6 Å². The van der Waals surface area contributed by atoms with Crippen LogP contribution in [0, 0.1) is 0 Å². The van der Waals surface area contributed by atoms with Crippen molar-refractivity contribution >= 4 is 0 Å². The Morgan fingerprint density at radius 1 is 1.25 bits per heavy atom. The maximum absolute atomic E-state index is 3.59. The first-order chi connectivity index (χ1) is 5.70. The molecule has 2 nitrogen and oxygen atoms in total. The van der Waals surface area contributed by atoms with Crippen LogP contribution in [0.5, 0.6) is 0 Å². The first kappa shape index (κ1) is 10.0. The highest BCUT2D eigenvalue weighted by Gasteiger charge is 2.36. The summed E-state index contributed by atoms with van der Waals surface area (Å²) < 4.78 is 0. The molecule has 0 unspecified atom stereocenters. The molecule has 0 saturated heterocycles. The van der Waals surface area contributed by atoms with E-state index < -0.39 is 0 Å². The summed E-state index contributed by atoms with van der Waals surface area (Å²) in [5, 5.41) is 3.59. The molecule has 12 heavy (non-hydrogen) atoms. The monoisotopic (exact) mass is 170 g/mol. The Hall–Kier alpha value is -0.0800. The van der Waals surface area contributed by atoms with Gasteiger partial charge in [0.25, 0.3) is 0 Å². The third kappa shape index (κ3) is 3.11. The zero-order valence-corrected chi connectivity index (χ0v) is 8.69. The minimum atomic E-state index is 0.507. The number of nitrogens with one attached hydrogen (secondary N) is 1. The summed E-state index contributed by atoms with van der Waals surface area (Å²) in [5.74, 6) is 0. The Bertz CT molecular complexity index is 126. The molecule has 0 bridgehead atoms. The molecule has 2 heteroatoms. The van der Waals surface area contributed by atoms with Crippen molar-refractivity contribution < 1.29 is 0 Å². The van der Waals surface area contributed by atoms with Crippen LogP contribution in [0.15, 0.2) is 0 Å². The number of nitrogens with zero attached hydrogens (tertiary/aromatic N) is 1. The maximum Gasteiger partial charge on any atom is 0.0155 e. The van der Waals surface area contributed by atoms with Gasteiger partial charge in [0.1, 0.15) is 0 Å². The summed E-state index contributed by atoms with van der Waals surface area (Å²) >= 11 is 0. The maximum atomic E-state index is 3.59. The van der Waals surface area contributed by atoms with Crippen LogP contribution in [-0.4, -0.2) is 36.6 Å². The van der Waals surface area contributed by atoms with Crippen molar-refractivity contribution in [1.82, 2.24) is 10.2 Å². The summed E-state index contributed by atoms with van der Waals surface area (Å²) in [6, 6.07) is 0. The van der Waals surface area contributed by atoms with Gasteiger partial charge in [-0.3, -0.25) is 0 Å². The molecule has 1 aliphatic rings. The molecule has 0 amide bonds. The summed E-state index contributed by atoms with van der Waals surface area (Å²) in [5.41, 5.74) is 0.507. The smallest absolute Gasteiger partial charge is 0.0155 e. The molecule has 0 radical (unpaired) electrons. The van der Waals surface area contributed by atoms with E-state index in [1.54, 1.807) is 0 Å². The molecule has 0 spiro atoms. The molecule has 1 N–H and O–H groups in total. The number of hydrogen-bond acceptors (Lipinski definition) is 2. The second kappa shape index (κ2) is 4.24. The third-order valence-corrected chi connectivity index (χ3v) is 2.87. The number of hydrogen-bond donors (Lipinski definition) is 1. The Morgan fingerprint density at radius 2 is 1.83 bits per heavy atom. The van der Waals surface area contributed by atoms with Crippen LogP contribution in [0.3, 0.4) is 0 Å². The molecular formula is C10H22N2. The highest BCUT2D eigenvalue weighted by molar-refractivity contribution is 4.97. The summed E-state index contributed by atoms with van der Waals surface area (Å²) in [6.07, 6.45) is 2.73. The van der Waals surface area contributed by atoms with Crippen molar-refractivity contribution in [2.75, 3.05) is 26.2 Å². The fourth-order valence-electron chi connectivity index (χ4n) is 1.42. The standard InChI is InChI=1S/C10H22N2/c1-4-12(5-2)9-8-11-10(3)6-7-10/h11H,4-9H2,1-3H3. The van der Waals surface area contributed by atoms with Gasteiger partial charge in [0.15, 0.2) is 0 Å². The molecule has 0 aromatic heterocycles. The van der Waals surface area contributed by atoms with Crippen molar-refractivity contribution in [1.29, 1.82) is 0 Å². The molecule has 1 aliphatic carbocycles. The van der Waals surface area contributed by atoms with Crippen LogP contribution in [0.25, 0.3) is 0 Å². The SMILES string of the molecule is CCN(CC)CCNC1(C)CC1. The molecule has 0 heterocycles. The van der Waals surface area contributed by atoms with Gasteiger partial charge in [-0.25, -0.2) is 0 Å². The molecule has 0 aliphatic heterocycles. The predicted molar refractivity (Wildman–Crippen MR) is 53.4 cm³/mol. The van der Waals surface area contributed by atoms with E-state index in [1.165, 1.54) is 32.5 Å². The molecule has 0 aromatic carbocycles. The van der Waals surface area contributed by atoms with Gasteiger partial charge in [0.2, 0.25) is 0 Å². The molecule has 1 fully saturated rings. The largest absolute Gasteiger partial charge is 0.310 e. The predicted octanol–water partition coefficient (Wildman–Crippen LogP) is 1.47. The molecule has 1 saturated carbocycles. The van der Waals surface area contributed by atoms with Gasteiger partial charge < -0.3 is 10.2 Å². The summed E-state index contributed by atoms with van der Waals surface area (Å²) in [4.78, 5) is 2.46. The zero-order valence-electron chi connectivity index (χ0n) is 8.69. The van der Waals surface area contributed by atoms with Crippen molar-refractivity contribution in [3.63, 3.8) is 0 Å².